The van der Waals surface area contributed by atoms with E-state index < -0.39 is 0 Å². The lowest BCUT2D eigenvalue weighted by Crippen LogP contribution is -1.87. The van der Waals surface area contributed by atoms with E-state index in [2.05, 4.69) is 33.8 Å². The highest BCUT2D eigenvalue weighted by Gasteiger charge is 2.16. The van der Waals surface area contributed by atoms with Crippen LogP contribution in [0, 0.1) is 0 Å². The molecule has 2 N–H and O–H groups in total. The highest BCUT2D eigenvalue weighted by atomic mass is 32.1. The smallest absolute Gasteiger partial charge is 0.194 e. The molecule has 0 fully saturated rings. The third-order valence-electron chi connectivity index (χ3n) is 3.57. The lowest BCUT2D eigenvalue weighted by Gasteiger charge is -2.01. The number of fused-ring (bicyclic) bond motifs is 2. The number of aromatic nitrogens is 2. The maximum Gasteiger partial charge on any atom is 0.194 e. The predicted octanol–water partition coefficient (Wildman–Crippen LogP) is 3.46. The lowest BCUT2D eigenvalue weighted by atomic mass is 10.1. The van der Waals surface area contributed by atoms with Crippen molar-refractivity contribution in [1.29, 1.82) is 0 Å². The fourth-order valence-corrected chi connectivity index (χ4v) is 3.39. The summed E-state index contributed by atoms with van der Waals surface area (Å²) in [6.07, 6.45) is 8.46. The van der Waals surface area contributed by atoms with Gasteiger partial charge >= 0.3 is 0 Å². The molecule has 0 bridgehead atoms. The van der Waals surface area contributed by atoms with E-state index in [1.54, 1.807) is 11.3 Å². The van der Waals surface area contributed by atoms with Crippen molar-refractivity contribution >= 4 is 33.6 Å². The summed E-state index contributed by atoms with van der Waals surface area (Å²) in [5.74, 6) is 0. The highest BCUT2D eigenvalue weighted by molar-refractivity contribution is 7.15. The molecule has 0 saturated carbocycles. The minimum atomic E-state index is 0.850. The molecule has 4 heteroatoms. The van der Waals surface area contributed by atoms with E-state index in [4.69, 9.17) is 5.73 Å². The Kier molecular flexibility index (Phi) is 2.26. The fourth-order valence-electron chi connectivity index (χ4n) is 2.68. The standard InChI is InChI=1S/C15H13N3S/c16-12-3-4-14-10(7-12)1-2-11(14)8-13-9-18-5-6-19-15(18)17-13/h3-9H,1-2,16H2/b11-8+. The van der Waals surface area contributed by atoms with Gasteiger partial charge < -0.3 is 5.73 Å². The molecule has 0 saturated heterocycles. The van der Waals surface area contributed by atoms with Crippen LogP contribution in [0.15, 0.2) is 36.0 Å². The number of nitrogen functional groups attached to an aromatic ring is 1. The molecule has 94 valence electrons. The second-order valence-electron chi connectivity index (χ2n) is 4.84. The zero-order chi connectivity index (χ0) is 12.8. The number of aryl methyl sites for hydroxylation is 1. The van der Waals surface area contributed by atoms with Gasteiger partial charge in [-0.25, -0.2) is 4.98 Å². The van der Waals surface area contributed by atoms with Crippen LogP contribution in [-0.2, 0) is 6.42 Å². The van der Waals surface area contributed by atoms with E-state index in [0.29, 0.717) is 0 Å². The third kappa shape index (κ3) is 1.76. The normalized spacial score (nSPS) is 16.3. The minimum Gasteiger partial charge on any atom is -0.399 e. The van der Waals surface area contributed by atoms with Crippen molar-refractivity contribution in [3.05, 3.63) is 52.8 Å². The van der Waals surface area contributed by atoms with Crippen molar-refractivity contribution in [3.8, 4) is 0 Å². The molecule has 19 heavy (non-hydrogen) atoms. The molecule has 1 aromatic carbocycles. The van der Waals surface area contributed by atoms with Gasteiger partial charge in [0.25, 0.3) is 0 Å². The number of thiazole rings is 1. The summed E-state index contributed by atoms with van der Waals surface area (Å²) in [4.78, 5) is 5.65. The van der Waals surface area contributed by atoms with Gasteiger partial charge in [-0.1, -0.05) is 6.07 Å². The summed E-state index contributed by atoms with van der Waals surface area (Å²) in [6, 6.07) is 6.19. The summed E-state index contributed by atoms with van der Waals surface area (Å²) >= 11 is 1.66. The Morgan fingerprint density at radius 1 is 1.32 bits per heavy atom. The third-order valence-corrected chi connectivity index (χ3v) is 4.34. The van der Waals surface area contributed by atoms with Crippen molar-refractivity contribution < 1.29 is 0 Å². The number of imidazole rings is 1. The first-order valence-electron chi connectivity index (χ1n) is 6.31. The summed E-state index contributed by atoms with van der Waals surface area (Å²) in [5, 5.41) is 2.05. The fraction of sp³-hybridized carbons (Fsp3) is 0.133. The van der Waals surface area contributed by atoms with Crippen LogP contribution in [-0.4, -0.2) is 9.38 Å². The van der Waals surface area contributed by atoms with Crippen LogP contribution in [0.3, 0.4) is 0 Å². The molecule has 0 amide bonds. The quantitative estimate of drug-likeness (QED) is 0.686. The van der Waals surface area contributed by atoms with Crippen LogP contribution in [0.2, 0.25) is 0 Å². The van der Waals surface area contributed by atoms with E-state index in [1.807, 2.05) is 17.6 Å². The Hall–Kier alpha value is -2.07. The molecule has 0 unspecified atom stereocenters. The Balaban J connectivity index is 1.78. The second-order valence-corrected chi connectivity index (χ2v) is 5.72. The van der Waals surface area contributed by atoms with Crippen LogP contribution >= 0.6 is 11.3 Å². The molecule has 0 radical (unpaired) electrons. The van der Waals surface area contributed by atoms with Gasteiger partial charge in [0, 0.05) is 23.5 Å². The molecular weight excluding hydrogens is 254 g/mol. The van der Waals surface area contributed by atoms with Gasteiger partial charge in [0.1, 0.15) is 0 Å². The lowest BCUT2D eigenvalue weighted by molar-refractivity contribution is 1.08. The molecule has 1 aliphatic rings. The van der Waals surface area contributed by atoms with E-state index >= 15 is 0 Å². The molecule has 1 aliphatic carbocycles. The predicted molar refractivity (Wildman–Crippen MR) is 80.1 cm³/mol. The number of hydrogen-bond donors (Lipinski definition) is 1. The Bertz CT molecular complexity index is 766. The van der Waals surface area contributed by atoms with E-state index in [-0.39, 0.29) is 0 Å². The summed E-state index contributed by atoms with van der Waals surface area (Å²) < 4.78 is 2.07. The number of nitrogens with two attached hydrogens (primary N) is 1. The molecule has 3 nitrogen and oxygen atoms in total. The van der Waals surface area contributed by atoms with Crippen LogP contribution in [0.5, 0.6) is 0 Å². The van der Waals surface area contributed by atoms with Gasteiger partial charge in [-0.05, 0) is 47.8 Å². The number of nitrogens with zero attached hydrogens (tertiary/aromatic N) is 2. The van der Waals surface area contributed by atoms with Gasteiger partial charge in [0.05, 0.1) is 5.69 Å². The number of rotatable bonds is 1. The Labute approximate surface area is 115 Å². The van der Waals surface area contributed by atoms with Crippen LogP contribution in [0.4, 0.5) is 5.69 Å². The number of benzene rings is 1. The first kappa shape index (κ1) is 10.8. The second kappa shape index (κ2) is 3.96. The highest BCUT2D eigenvalue weighted by Crippen LogP contribution is 2.34. The minimum absolute atomic E-state index is 0.850. The summed E-state index contributed by atoms with van der Waals surface area (Å²) in [7, 11) is 0. The van der Waals surface area contributed by atoms with Gasteiger partial charge in [-0.2, -0.15) is 0 Å². The number of allylic oxidation sites excluding steroid dienone is 1. The zero-order valence-electron chi connectivity index (χ0n) is 10.3. The van der Waals surface area contributed by atoms with Crippen molar-refractivity contribution in [1.82, 2.24) is 9.38 Å². The largest absolute Gasteiger partial charge is 0.399 e. The number of anilines is 1. The maximum absolute atomic E-state index is 5.83. The van der Waals surface area contributed by atoms with Gasteiger partial charge in [-0.3, -0.25) is 4.40 Å². The molecule has 2 heterocycles. The van der Waals surface area contributed by atoms with Gasteiger partial charge in [0.2, 0.25) is 0 Å². The zero-order valence-corrected chi connectivity index (χ0v) is 11.2. The van der Waals surface area contributed by atoms with Crippen LogP contribution in [0.1, 0.15) is 23.2 Å². The van der Waals surface area contributed by atoms with Gasteiger partial charge in [-0.15, -0.1) is 11.3 Å². The molecule has 4 rings (SSSR count). The SMILES string of the molecule is Nc1ccc2c(c1)CC/C2=C\c1cn2ccsc2n1. The molecule has 0 spiro atoms. The first-order chi connectivity index (χ1) is 9.29. The molecule has 2 aromatic heterocycles. The van der Waals surface area contributed by atoms with Crippen molar-refractivity contribution in [3.63, 3.8) is 0 Å². The summed E-state index contributed by atoms with van der Waals surface area (Å²) in [6.45, 7) is 0. The van der Waals surface area contributed by atoms with Crippen molar-refractivity contribution in [2.24, 2.45) is 0 Å². The molecule has 3 aromatic rings. The Morgan fingerprint density at radius 3 is 3.16 bits per heavy atom. The topological polar surface area (TPSA) is 43.3 Å². The average molecular weight is 267 g/mol. The molecule has 0 atom stereocenters. The molecular formula is C15H13N3S. The molecule has 0 aliphatic heterocycles. The van der Waals surface area contributed by atoms with Crippen LogP contribution < -0.4 is 5.73 Å². The van der Waals surface area contributed by atoms with Crippen molar-refractivity contribution in [2.75, 3.05) is 5.73 Å². The van der Waals surface area contributed by atoms with E-state index in [0.717, 1.165) is 29.2 Å². The Morgan fingerprint density at radius 2 is 2.26 bits per heavy atom. The monoisotopic (exact) mass is 267 g/mol. The van der Waals surface area contributed by atoms with E-state index in [9.17, 15) is 0 Å². The van der Waals surface area contributed by atoms with E-state index in [1.165, 1.54) is 16.7 Å². The van der Waals surface area contributed by atoms with Crippen LogP contribution in [0.25, 0.3) is 16.6 Å². The number of hydrogen-bond acceptors (Lipinski definition) is 3. The summed E-state index contributed by atoms with van der Waals surface area (Å²) in [5.41, 5.74) is 11.8. The average Bonchev–Trinajstić information content (AvgIpc) is 3.04. The van der Waals surface area contributed by atoms with Gasteiger partial charge in [0.15, 0.2) is 4.96 Å². The van der Waals surface area contributed by atoms with Crippen molar-refractivity contribution in [2.45, 2.75) is 12.8 Å². The maximum atomic E-state index is 5.83. The first-order valence-corrected chi connectivity index (χ1v) is 7.19.